The zero-order valence-electron chi connectivity index (χ0n) is 9.28. The van der Waals surface area contributed by atoms with Crippen LogP contribution in [0.1, 0.15) is 0 Å². The molecule has 1 aromatic rings. The molecular weight excluding hydrogens is 353 g/mol. The first kappa shape index (κ1) is 16.2. The summed E-state index contributed by atoms with van der Waals surface area (Å²) in [5.74, 6) is -1.10. The first-order valence-electron chi connectivity index (χ1n) is 4.85. The molecule has 4 N–H and O–H groups in total. The molecule has 0 saturated heterocycles. The summed E-state index contributed by atoms with van der Waals surface area (Å²) in [5.41, 5.74) is 5.38. The van der Waals surface area contributed by atoms with Crippen LogP contribution in [0.25, 0.3) is 0 Å². The van der Waals surface area contributed by atoms with Crippen molar-refractivity contribution in [3.8, 4) is 0 Å². The largest absolute Gasteiger partial charge is 0.398 e. The summed E-state index contributed by atoms with van der Waals surface area (Å²) in [5, 5.41) is 8.80. The van der Waals surface area contributed by atoms with Crippen LogP contribution in [-0.4, -0.2) is 32.6 Å². The molecule has 19 heavy (non-hydrogen) atoms. The molecule has 0 aromatic heterocycles. The molecule has 0 fully saturated rings. The van der Waals surface area contributed by atoms with E-state index in [1.54, 1.807) is 4.72 Å². The van der Waals surface area contributed by atoms with Crippen LogP contribution in [0, 0.1) is 5.82 Å². The number of sulfonamides is 1. The third-order valence-electron chi connectivity index (χ3n) is 2.11. The molecule has 5 nitrogen and oxygen atoms in total. The molecule has 0 spiro atoms. The normalized spacial score (nSPS) is 13.8. The van der Waals surface area contributed by atoms with Gasteiger partial charge in [-0.15, -0.1) is 0 Å². The van der Waals surface area contributed by atoms with Gasteiger partial charge >= 0.3 is 0 Å². The molecule has 0 aliphatic rings. The van der Waals surface area contributed by atoms with Crippen molar-refractivity contribution in [2.24, 2.45) is 0 Å². The molecule has 0 aliphatic heterocycles. The van der Waals surface area contributed by atoms with Crippen LogP contribution in [0.5, 0.6) is 0 Å². The lowest BCUT2D eigenvalue weighted by Crippen LogP contribution is -2.36. The van der Waals surface area contributed by atoms with Gasteiger partial charge in [-0.3, -0.25) is 0 Å². The van der Waals surface area contributed by atoms with Crippen molar-refractivity contribution in [3.05, 3.63) is 22.4 Å². The Morgan fingerprint density at radius 3 is 2.53 bits per heavy atom. The third kappa shape index (κ3) is 4.06. The number of rotatable bonds is 5. The van der Waals surface area contributed by atoms with Crippen LogP contribution < -0.4 is 10.5 Å². The highest BCUT2D eigenvalue weighted by Crippen LogP contribution is 2.25. The van der Waals surface area contributed by atoms with Gasteiger partial charge in [-0.25, -0.2) is 26.3 Å². The molecule has 1 aromatic carbocycles. The fraction of sp³-hybridized carbons (Fsp3) is 0.333. The predicted molar refractivity (Wildman–Crippen MR) is 65.7 cm³/mol. The van der Waals surface area contributed by atoms with Gasteiger partial charge < -0.3 is 10.8 Å². The molecule has 0 amide bonds. The van der Waals surface area contributed by atoms with Gasteiger partial charge in [0.1, 0.15) is 16.8 Å². The van der Waals surface area contributed by atoms with Crippen molar-refractivity contribution in [2.45, 2.75) is 17.4 Å². The molecule has 0 radical (unpaired) electrons. The minimum Gasteiger partial charge on any atom is -0.398 e. The SMILES string of the molecule is Nc1cc(S(=O)(=O)NCC(O)C(F)F)c(F)cc1Br. The Labute approximate surface area is 115 Å². The van der Waals surface area contributed by atoms with Crippen molar-refractivity contribution < 1.29 is 26.7 Å². The van der Waals surface area contributed by atoms with Gasteiger partial charge in [0.15, 0.2) is 0 Å². The molecule has 0 aliphatic carbocycles. The van der Waals surface area contributed by atoms with Crippen LogP contribution in [0.3, 0.4) is 0 Å². The maximum atomic E-state index is 13.5. The van der Waals surface area contributed by atoms with E-state index < -0.39 is 39.8 Å². The second-order valence-electron chi connectivity index (χ2n) is 3.56. The van der Waals surface area contributed by atoms with Crippen LogP contribution in [0.15, 0.2) is 21.5 Å². The zero-order chi connectivity index (χ0) is 14.8. The fourth-order valence-electron chi connectivity index (χ4n) is 1.11. The quantitative estimate of drug-likeness (QED) is 0.683. The highest BCUT2D eigenvalue weighted by Gasteiger charge is 2.24. The minimum absolute atomic E-state index is 0.0313. The first-order valence-corrected chi connectivity index (χ1v) is 7.13. The summed E-state index contributed by atoms with van der Waals surface area (Å²) in [6.45, 7) is -0.935. The number of nitrogen functional groups attached to an aromatic ring is 1. The smallest absolute Gasteiger partial charge is 0.265 e. The summed E-state index contributed by atoms with van der Waals surface area (Å²) in [4.78, 5) is -0.783. The maximum Gasteiger partial charge on any atom is 0.265 e. The second kappa shape index (κ2) is 6.07. The molecule has 1 rings (SSSR count). The van der Waals surface area contributed by atoms with Crippen molar-refractivity contribution in [3.63, 3.8) is 0 Å². The van der Waals surface area contributed by atoms with E-state index in [2.05, 4.69) is 15.9 Å². The Balaban J connectivity index is 2.98. The lowest BCUT2D eigenvalue weighted by Gasteiger charge is -2.12. The summed E-state index contributed by atoms with van der Waals surface area (Å²) >= 11 is 2.91. The van der Waals surface area contributed by atoms with E-state index in [-0.39, 0.29) is 10.2 Å². The number of aliphatic hydroxyl groups excluding tert-OH is 1. The molecule has 0 bridgehead atoms. The lowest BCUT2D eigenvalue weighted by molar-refractivity contribution is -0.000456. The van der Waals surface area contributed by atoms with Crippen molar-refractivity contribution in [1.29, 1.82) is 0 Å². The number of anilines is 1. The van der Waals surface area contributed by atoms with E-state index >= 15 is 0 Å². The zero-order valence-corrected chi connectivity index (χ0v) is 11.7. The number of alkyl halides is 2. The lowest BCUT2D eigenvalue weighted by atomic mass is 10.3. The number of nitrogens with two attached hydrogens (primary N) is 1. The van der Waals surface area contributed by atoms with E-state index in [4.69, 9.17) is 10.8 Å². The first-order chi connectivity index (χ1) is 8.65. The minimum atomic E-state index is -4.38. The Morgan fingerprint density at radius 2 is 2.00 bits per heavy atom. The molecule has 10 heteroatoms. The molecule has 108 valence electrons. The van der Waals surface area contributed by atoms with Crippen LogP contribution in [-0.2, 0) is 10.0 Å². The van der Waals surface area contributed by atoms with Gasteiger partial charge in [0.25, 0.3) is 6.43 Å². The fourth-order valence-corrected chi connectivity index (χ4v) is 2.57. The number of nitrogens with one attached hydrogen (secondary N) is 1. The van der Waals surface area contributed by atoms with E-state index in [1.165, 1.54) is 0 Å². The number of halogens is 4. The predicted octanol–water partition coefficient (Wildman–Crippen LogP) is 1.07. The van der Waals surface area contributed by atoms with Gasteiger partial charge in [-0.05, 0) is 28.1 Å². The van der Waals surface area contributed by atoms with Gasteiger partial charge in [0.05, 0.1) is 0 Å². The Morgan fingerprint density at radius 1 is 1.42 bits per heavy atom. The average molecular weight is 363 g/mol. The summed E-state index contributed by atoms with van der Waals surface area (Å²) in [6, 6.07) is 1.68. The number of aliphatic hydroxyl groups is 1. The van der Waals surface area contributed by atoms with E-state index in [1.807, 2.05) is 0 Å². The van der Waals surface area contributed by atoms with E-state index in [0.29, 0.717) is 0 Å². The maximum absolute atomic E-state index is 13.5. The Bertz CT molecular complexity index is 568. The highest BCUT2D eigenvalue weighted by molar-refractivity contribution is 9.10. The average Bonchev–Trinajstić information content (AvgIpc) is 2.30. The number of hydrogen-bond acceptors (Lipinski definition) is 4. The summed E-state index contributed by atoms with van der Waals surface area (Å²) in [6.07, 6.45) is -5.28. The highest BCUT2D eigenvalue weighted by atomic mass is 79.9. The van der Waals surface area contributed by atoms with Crippen LogP contribution >= 0.6 is 15.9 Å². The third-order valence-corrected chi connectivity index (χ3v) is 4.24. The summed E-state index contributed by atoms with van der Waals surface area (Å²) < 4.78 is 62.7. The van der Waals surface area contributed by atoms with Gasteiger partial charge in [-0.2, -0.15) is 0 Å². The summed E-state index contributed by atoms with van der Waals surface area (Å²) in [7, 11) is -4.38. The molecule has 1 unspecified atom stereocenters. The van der Waals surface area contributed by atoms with Crippen molar-refractivity contribution in [2.75, 3.05) is 12.3 Å². The second-order valence-corrected chi connectivity index (χ2v) is 6.15. The standard InChI is InChI=1S/C9H10BrF3N2O3S/c10-4-1-5(11)8(2-6(4)14)19(17,18)15-3-7(16)9(12)13/h1-2,7,9,15-16H,3,14H2. The molecule has 0 heterocycles. The number of hydrogen-bond donors (Lipinski definition) is 3. The van der Waals surface area contributed by atoms with E-state index in [9.17, 15) is 21.6 Å². The molecule has 1 atom stereocenters. The molecule has 0 saturated carbocycles. The number of benzene rings is 1. The van der Waals surface area contributed by atoms with Gasteiger partial charge in [0.2, 0.25) is 10.0 Å². The Kier molecular flexibility index (Phi) is 5.18. The van der Waals surface area contributed by atoms with Crippen molar-refractivity contribution >= 4 is 31.6 Å². The van der Waals surface area contributed by atoms with Crippen molar-refractivity contribution in [1.82, 2.24) is 4.72 Å². The van der Waals surface area contributed by atoms with Crippen LogP contribution in [0.2, 0.25) is 0 Å². The topological polar surface area (TPSA) is 92.4 Å². The monoisotopic (exact) mass is 362 g/mol. The van der Waals surface area contributed by atoms with E-state index in [0.717, 1.165) is 12.1 Å². The molecular formula is C9H10BrF3N2O3S. The Hall–Kier alpha value is -0.840. The van der Waals surface area contributed by atoms with Crippen LogP contribution in [0.4, 0.5) is 18.9 Å². The van der Waals surface area contributed by atoms with Gasteiger partial charge in [-0.1, -0.05) is 0 Å². The van der Waals surface area contributed by atoms with Gasteiger partial charge in [0, 0.05) is 16.7 Å².